The number of rotatable bonds is 9. The van der Waals surface area contributed by atoms with E-state index in [0.717, 1.165) is 50.3 Å². The van der Waals surface area contributed by atoms with Crippen molar-refractivity contribution in [3.8, 4) is 0 Å². The lowest BCUT2D eigenvalue weighted by molar-refractivity contribution is 0.245. The van der Waals surface area contributed by atoms with Gasteiger partial charge in [-0.1, -0.05) is 33.6 Å². The number of guanidine groups is 1. The minimum Gasteiger partial charge on any atom is -0.357 e. The summed E-state index contributed by atoms with van der Waals surface area (Å²) in [4.78, 5) is 4.94. The van der Waals surface area contributed by atoms with Crippen LogP contribution in [0.2, 0.25) is 0 Å². The molecule has 1 heterocycles. The molecular formula is C19H37IN6. The van der Waals surface area contributed by atoms with Gasteiger partial charge in [-0.3, -0.25) is 4.99 Å². The van der Waals surface area contributed by atoms with E-state index >= 15 is 0 Å². The Hall–Kier alpha value is -0.860. The predicted octanol–water partition coefficient (Wildman–Crippen LogP) is 3.62. The second-order valence-corrected chi connectivity index (χ2v) is 7.72. The van der Waals surface area contributed by atoms with Gasteiger partial charge in [0.2, 0.25) is 0 Å². The fraction of sp³-hybridized carbons (Fsp3) is 0.842. The van der Waals surface area contributed by atoms with E-state index < -0.39 is 0 Å². The highest BCUT2D eigenvalue weighted by Gasteiger charge is 2.34. The first-order valence-electron chi connectivity index (χ1n) is 9.97. The van der Waals surface area contributed by atoms with Crippen LogP contribution in [0.25, 0.3) is 0 Å². The molecule has 26 heavy (non-hydrogen) atoms. The Morgan fingerprint density at radius 2 is 2.00 bits per heavy atom. The number of hydrogen-bond acceptors (Lipinski definition) is 3. The van der Waals surface area contributed by atoms with E-state index in [-0.39, 0.29) is 24.0 Å². The Kier molecular flexibility index (Phi) is 10.5. The van der Waals surface area contributed by atoms with E-state index in [1.165, 1.54) is 32.1 Å². The van der Waals surface area contributed by atoms with Gasteiger partial charge >= 0.3 is 0 Å². The molecule has 0 bridgehead atoms. The molecule has 0 spiro atoms. The molecule has 2 rings (SSSR count). The van der Waals surface area contributed by atoms with Crippen molar-refractivity contribution in [2.45, 2.75) is 72.8 Å². The molecule has 1 aromatic heterocycles. The van der Waals surface area contributed by atoms with Crippen molar-refractivity contribution in [3.05, 3.63) is 12.2 Å². The van der Waals surface area contributed by atoms with Gasteiger partial charge in [0.25, 0.3) is 0 Å². The number of halogens is 1. The summed E-state index contributed by atoms with van der Waals surface area (Å²) >= 11 is 0. The van der Waals surface area contributed by atoms with Crippen molar-refractivity contribution in [2.24, 2.45) is 16.3 Å². The molecule has 1 saturated carbocycles. The molecule has 1 aromatic rings. The van der Waals surface area contributed by atoms with Crippen molar-refractivity contribution in [2.75, 3.05) is 19.6 Å². The van der Waals surface area contributed by atoms with Crippen LogP contribution in [0.4, 0.5) is 0 Å². The van der Waals surface area contributed by atoms with E-state index in [1.807, 2.05) is 0 Å². The minimum absolute atomic E-state index is 0. The Morgan fingerprint density at radius 1 is 1.27 bits per heavy atom. The lowest BCUT2D eigenvalue weighted by Gasteiger charge is -2.29. The van der Waals surface area contributed by atoms with Crippen LogP contribution in [0.1, 0.15) is 65.6 Å². The van der Waals surface area contributed by atoms with Gasteiger partial charge in [-0.2, -0.15) is 0 Å². The molecule has 2 N–H and O–H groups in total. The molecule has 150 valence electrons. The first-order valence-corrected chi connectivity index (χ1v) is 9.97. The molecule has 0 aliphatic heterocycles. The summed E-state index contributed by atoms with van der Waals surface area (Å²) in [5.74, 6) is 2.71. The van der Waals surface area contributed by atoms with Crippen LogP contribution in [0, 0.1) is 11.3 Å². The quantitative estimate of drug-likeness (QED) is 0.325. The summed E-state index contributed by atoms with van der Waals surface area (Å²) in [5.41, 5.74) is 0.417. The maximum absolute atomic E-state index is 4.94. The molecule has 0 saturated heterocycles. The highest BCUT2D eigenvalue weighted by Crippen LogP contribution is 2.43. The average molecular weight is 476 g/mol. The second kappa shape index (κ2) is 11.8. The van der Waals surface area contributed by atoms with Crippen LogP contribution in [0.5, 0.6) is 0 Å². The average Bonchev–Trinajstić information content (AvgIpc) is 3.21. The third kappa shape index (κ3) is 7.04. The second-order valence-electron chi connectivity index (χ2n) is 7.72. The fourth-order valence-corrected chi connectivity index (χ4v) is 4.04. The zero-order valence-corrected chi connectivity index (χ0v) is 19.3. The summed E-state index contributed by atoms with van der Waals surface area (Å²) in [5, 5.41) is 15.0. The number of aliphatic imine (C=N–C) groups is 1. The maximum Gasteiger partial charge on any atom is 0.191 e. The maximum atomic E-state index is 4.94. The van der Waals surface area contributed by atoms with Crippen molar-refractivity contribution in [1.29, 1.82) is 0 Å². The Bertz CT molecular complexity index is 534. The fourth-order valence-electron chi connectivity index (χ4n) is 4.04. The Labute approximate surface area is 176 Å². The van der Waals surface area contributed by atoms with Gasteiger partial charge in [0, 0.05) is 32.6 Å². The van der Waals surface area contributed by atoms with E-state index in [9.17, 15) is 0 Å². The van der Waals surface area contributed by atoms with Gasteiger partial charge in [0.1, 0.15) is 12.2 Å². The van der Waals surface area contributed by atoms with Crippen molar-refractivity contribution in [1.82, 2.24) is 25.4 Å². The topological polar surface area (TPSA) is 67.1 Å². The van der Waals surface area contributed by atoms with Gasteiger partial charge in [-0.05, 0) is 37.5 Å². The number of aryl methyl sites for hydroxylation is 1. The van der Waals surface area contributed by atoms with Crippen molar-refractivity contribution < 1.29 is 0 Å². The third-order valence-corrected chi connectivity index (χ3v) is 5.08. The molecule has 0 radical (unpaired) electrons. The molecule has 0 unspecified atom stereocenters. The number of nitrogens with zero attached hydrogens (tertiary/aromatic N) is 4. The van der Waals surface area contributed by atoms with Crippen molar-refractivity contribution >= 4 is 29.9 Å². The van der Waals surface area contributed by atoms with E-state index in [0.29, 0.717) is 5.41 Å². The molecular weight excluding hydrogens is 439 g/mol. The summed E-state index contributed by atoms with van der Waals surface area (Å²) in [6.07, 6.45) is 9.38. The predicted molar refractivity (Wildman–Crippen MR) is 119 cm³/mol. The van der Waals surface area contributed by atoms with Gasteiger partial charge in [0.05, 0.1) is 0 Å². The molecule has 0 amide bonds. The Balaban J connectivity index is 0.00000338. The summed E-state index contributed by atoms with van der Waals surface area (Å²) in [6, 6.07) is 0. The van der Waals surface area contributed by atoms with Gasteiger partial charge in [0.15, 0.2) is 5.96 Å². The molecule has 6 nitrogen and oxygen atoms in total. The van der Waals surface area contributed by atoms with Crippen LogP contribution in [0.3, 0.4) is 0 Å². The molecule has 1 aliphatic rings. The molecule has 7 heteroatoms. The lowest BCUT2D eigenvalue weighted by atomic mass is 9.78. The normalized spacial score (nSPS) is 16.6. The Morgan fingerprint density at radius 3 is 2.62 bits per heavy atom. The van der Waals surface area contributed by atoms with Gasteiger partial charge < -0.3 is 15.2 Å². The molecule has 1 aliphatic carbocycles. The lowest BCUT2D eigenvalue weighted by Crippen LogP contribution is -2.40. The van der Waals surface area contributed by atoms with E-state index in [4.69, 9.17) is 4.99 Å². The number of nitrogens with one attached hydrogen (secondary N) is 2. The first kappa shape index (κ1) is 23.2. The monoisotopic (exact) mass is 476 g/mol. The highest BCUT2D eigenvalue weighted by molar-refractivity contribution is 14.0. The standard InChI is InChI=1S/C19H36N6.HI/c1-5-17-24-23-15-25(17)12-11-21-18(20-6-2)22-14-19(13-16(3)4)9-7-8-10-19;/h15-16H,5-14H2,1-4H3,(H2,20,21,22);1H. The van der Waals surface area contributed by atoms with Crippen LogP contribution in [-0.4, -0.2) is 40.4 Å². The van der Waals surface area contributed by atoms with Crippen LogP contribution in [0.15, 0.2) is 11.3 Å². The molecule has 0 atom stereocenters. The highest BCUT2D eigenvalue weighted by atomic mass is 127. The number of aromatic nitrogens is 3. The molecule has 1 fully saturated rings. The summed E-state index contributed by atoms with van der Waals surface area (Å²) in [6.45, 7) is 12.4. The number of hydrogen-bond donors (Lipinski definition) is 2. The first-order chi connectivity index (χ1) is 12.1. The summed E-state index contributed by atoms with van der Waals surface area (Å²) in [7, 11) is 0. The summed E-state index contributed by atoms with van der Waals surface area (Å²) < 4.78 is 2.10. The molecule has 0 aromatic carbocycles. The van der Waals surface area contributed by atoms with E-state index in [2.05, 4.69) is 53.1 Å². The minimum atomic E-state index is 0. The zero-order valence-electron chi connectivity index (χ0n) is 16.9. The third-order valence-electron chi connectivity index (χ3n) is 5.08. The van der Waals surface area contributed by atoms with Crippen LogP contribution >= 0.6 is 24.0 Å². The van der Waals surface area contributed by atoms with Crippen molar-refractivity contribution in [3.63, 3.8) is 0 Å². The SMILES string of the molecule is CCNC(=NCC1(CC(C)C)CCCC1)NCCn1cnnc1CC.I. The largest absolute Gasteiger partial charge is 0.357 e. The van der Waals surface area contributed by atoms with Gasteiger partial charge in [-0.25, -0.2) is 0 Å². The smallest absolute Gasteiger partial charge is 0.191 e. The van der Waals surface area contributed by atoms with E-state index in [1.54, 1.807) is 6.33 Å². The van der Waals surface area contributed by atoms with Crippen LogP contribution < -0.4 is 10.6 Å². The van der Waals surface area contributed by atoms with Crippen LogP contribution in [-0.2, 0) is 13.0 Å². The van der Waals surface area contributed by atoms with Gasteiger partial charge in [-0.15, -0.1) is 34.2 Å². The zero-order chi connectivity index (χ0) is 18.1.